The molecule has 118 valence electrons. The summed E-state index contributed by atoms with van der Waals surface area (Å²) in [4.78, 5) is 12.2. The van der Waals surface area contributed by atoms with Gasteiger partial charge in [-0.1, -0.05) is 17.7 Å². The summed E-state index contributed by atoms with van der Waals surface area (Å²) in [6, 6.07) is 4.78. The number of hydrogen-bond donors (Lipinski definition) is 1. The van der Waals surface area contributed by atoms with Gasteiger partial charge in [-0.25, -0.2) is 13.1 Å². The van der Waals surface area contributed by atoms with E-state index < -0.39 is 15.9 Å². The molecule has 0 bridgehead atoms. The highest BCUT2D eigenvalue weighted by atomic mass is 35.5. The van der Waals surface area contributed by atoms with E-state index in [4.69, 9.17) is 11.6 Å². The van der Waals surface area contributed by atoms with Crippen molar-refractivity contribution < 1.29 is 13.2 Å². The predicted molar refractivity (Wildman–Crippen MR) is 83.5 cm³/mol. The first-order valence-electron chi connectivity index (χ1n) is 6.47. The summed E-state index contributed by atoms with van der Waals surface area (Å²) in [5.41, 5.74) is 1.77. The summed E-state index contributed by atoms with van der Waals surface area (Å²) in [5.74, 6) is -0.771. The number of halogens is 1. The number of rotatable bonds is 3. The van der Waals surface area contributed by atoms with E-state index in [0.29, 0.717) is 11.4 Å². The highest BCUT2D eigenvalue weighted by molar-refractivity contribution is 7.90. The van der Waals surface area contributed by atoms with Gasteiger partial charge in [0, 0.05) is 7.05 Å². The Morgan fingerprint density at radius 1 is 1.27 bits per heavy atom. The maximum absolute atomic E-state index is 12.4. The van der Waals surface area contributed by atoms with Gasteiger partial charge in [-0.3, -0.25) is 9.48 Å². The lowest BCUT2D eigenvalue weighted by molar-refractivity contribution is 0.0981. The number of benzene rings is 1. The number of carbonyl (C=O) groups is 1. The van der Waals surface area contributed by atoms with Crippen LogP contribution in [0.15, 0.2) is 23.1 Å². The van der Waals surface area contributed by atoms with Crippen molar-refractivity contribution in [3.05, 3.63) is 45.7 Å². The fourth-order valence-corrected chi connectivity index (χ4v) is 3.90. The molecule has 8 heteroatoms. The molecule has 2 aromatic rings. The Morgan fingerprint density at radius 3 is 2.41 bits per heavy atom. The second-order valence-corrected chi connectivity index (χ2v) is 7.07. The summed E-state index contributed by atoms with van der Waals surface area (Å²) in [7, 11) is -2.38. The SMILES string of the molecule is Cc1ccc(C(=O)NS(=O)(=O)c2c(C)nn(C)c2C)c(Cl)c1. The van der Waals surface area contributed by atoms with Crippen LogP contribution in [0.1, 0.15) is 27.3 Å². The van der Waals surface area contributed by atoms with Gasteiger partial charge in [-0.15, -0.1) is 0 Å². The molecule has 0 atom stereocenters. The summed E-state index contributed by atoms with van der Waals surface area (Å²) in [6.07, 6.45) is 0. The highest BCUT2D eigenvalue weighted by Crippen LogP contribution is 2.21. The zero-order valence-electron chi connectivity index (χ0n) is 12.6. The van der Waals surface area contributed by atoms with Crippen molar-refractivity contribution in [2.75, 3.05) is 0 Å². The van der Waals surface area contributed by atoms with Gasteiger partial charge in [0.1, 0.15) is 4.90 Å². The maximum Gasteiger partial charge on any atom is 0.267 e. The van der Waals surface area contributed by atoms with Gasteiger partial charge in [0.15, 0.2) is 0 Å². The number of amides is 1. The molecular formula is C14H16ClN3O3S. The monoisotopic (exact) mass is 341 g/mol. The normalized spacial score (nSPS) is 11.5. The number of nitrogens with zero attached hydrogens (tertiary/aromatic N) is 2. The Labute approximate surface area is 134 Å². The third-order valence-electron chi connectivity index (χ3n) is 3.31. The molecule has 6 nitrogen and oxygen atoms in total. The molecule has 1 amide bonds. The number of sulfonamides is 1. The van der Waals surface area contributed by atoms with E-state index in [1.165, 1.54) is 10.7 Å². The van der Waals surface area contributed by atoms with Gasteiger partial charge < -0.3 is 0 Å². The first-order chi connectivity index (χ1) is 10.1. The summed E-state index contributed by atoms with van der Waals surface area (Å²) in [6.45, 7) is 5.02. The van der Waals surface area contributed by atoms with Crippen LogP contribution in [-0.4, -0.2) is 24.1 Å². The first-order valence-corrected chi connectivity index (χ1v) is 8.33. The van der Waals surface area contributed by atoms with Crippen LogP contribution in [0.4, 0.5) is 0 Å². The Bertz CT molecular complexity index is 856. The standard InChI is InChI=1S/C14H16ClN3O3S/c1-8-5-6-11(12(15)7-8)14(19)17-22(20,21)13-9(2)16-18(4)10(13)3/h5-7H,1-4H3,(H,17,19). The van der Waals surface area contributed by atoms with E-state index in [0.717, 1.165) is 5.56 Å². The van der Waals surface area contributed by atoms with Crippen molar-refractivity contribution in [3.63, 3.8) is 0 Å². The second-order valence-electron chi connectivity index (χ2n) is 5.04. The number of carbonyl (C=O) groups excluding carboxylic acids is 1. The number of aromatic nitrogens is 2. The molecule has 1 aromatic carbocycles. The van der Waals surface area contributed by atoms with Crippen LogP contribution in [0.5, 0.6) is 0 Å². The van der Waals surface area contributed by atoms with E-state index in [1.54, 1.807) is 33.0 Å². The van der Waals surface area contributed by atoms with Gasteiger partial charge in [-0.05, 0) is 38.5 Å². The van der Waals surface area contributed by atoms with Crippen LogP contribution >= 0.6 is 11.6 Å². The Hall–Kier alpha value is -1.86. The second kappa shape index (κ2) is 5.73. The zero-order valence-corrected chi connectivity index (χ0v) is 14.2. The quantitative estimate of drug-likeness (QED) is 0.927. The van der Waals surface area contributed by atoms with Gasteiger partial charge in [0.2, 0.25) is 0 Å². The van der Waals surface area contributed by atoms with E-state index >= 15 is 0 Å². The molecule has 22 heavy (non-hydrogen) atoms. The Kier molecular flexibility index (Phi) is 4.30. The van der Waals surface area contributed by atoms with Crippen molar-refractivity contribution in [1.82, 2.24) is 14.5 Å². The molecule has 0 radical (unpaired) electrons. The predicted octanol–water partition coefficient (Wildman–Crippen LogP) is 2.12. The average Bonchev–Trinajstić information content (AvgIpc) is 2.62. The first kappa shape index (κ1) is 16.5. The van der Waals surface area contributed by atoms with Crippen LogP contribution in [0.2, 0.25) is 5.02 Å². The third kappa shape index (κ3) is 3.00. The molecule has 0 unspecified atom stereocenters. The minimum atomic E-state index is -4.02. The molecule has 0 saturated carbocycles. The van der Waals surface area contributed by atoms with Crippen molar-refractivity contribution >= 4 is 27.5 Å². The smallest absolute Gasteiger partial charge is 0.267 e. The van der Waals surface area contributed by atoms with Gasteiger partial charge >= 0.3 is 0 Å². The third-order valence-corrected chi connectivity index (χ3v) is 5.20. The number of aryl methyl sites for hydroxylation is 3. The summed E-state index contributed by atoms with van der Waals surface area (Å²) < 4.78 is 28.3. The zero-order chi connectivity index (χ0) is 16.7. The van der Waals surface area contributed by atoms with Crippen molar-refractivity contribution in [2.24, 2.45) is 7.05 Å². The molecule has 1 aromatic heterocycles. The largest absolute Gasteiger partial charge is 0.271 e. The molecule has 2 rings (SSSR count). The average molecular weight is 342 g/mol. The maximum atomic E-state index is 12.4. The molecular weight excluding hydrogens is 326 g/mol. The van der Waals surface area contributed by atoms with Crippen LogP contribution < -0.4 is 4.72 Å². The topological polar surface area (TPSA) is 81.1 Å². The van der Waals surface area contributed by atoms with Crippen molar-refractivity contribution in [1.29, 1.82) is 0 Å². The van der Waals surface area contributed by atoms with Gasteiger partial charge in [0.05, 0.1) is 22.0 Å². The lowest BCUT2D eigenvalue weighted by Gasteiger charge is -2.09. The molecule has 0 aliphatic rings. The molecule has 0 aliphatic heterocycles. The molecule has 1 heterocycles. The van der Waals surface area contributed by atoms with E-state index in [9.17, 15) is 13.2 Å². The van der Waals surface area contributed by atoms with E-state index in [2.05, 4.69) is 5.10 Å². The number of hydrogen-bond acceptors (Lipinski definition) is 4. The van der Waals surface area contributed by atoms with Crippen LogP contribution in [-0.2, 0) is 17.1 Å². The molecule has 0 saturated heterocycles. The lowest BCUT2D eigenvalue weighted by atomic mass is 10.1. The van der Waals surface area contributed by atoms with Crippen molar-refractivity contribution in [3.8, 4) is 0 Å². The summed E-state index contributed by atoms with van der Waals surface area (Å²) >= 11 is 5.99. The van der Waals surface area contributed by atoms with Crippen LogP contribution in [0.25, 0.3) is 0 Å². The minimum Gasteiger partial charge on any atom is -0.271 e. The van der Waals surface area contributed by atoms with Crippen molar-refractivity contribution in [2.45, 2.75) is 25.7 Å². The Morgan fingerprint density at radius 2 is 1.91 bits per heavy atom. The fraction of sp³-hybridized carbons (Fsp3) is 0.286. The van der Waals surface area contributed by atoms with Gasteiger partial charge in [-0.2, -0.15) is 5.10 Å². The van der Waals surface area contributed by atoms with Gasteiger partial charge in [0.25, 0.3) is 15.9 Å². The molecule has 0 spiro atoms. The molecule has 1 N–H and O–H groups in total. The van der Waals surface area contributed by atoms with Crippen LogP contribution in [0.3, 0.4) is 0 Å². The van der Waals surface area contributed by atoms with E-state index in [1.807, 2.05) is 11.6 Å². The minimum absolute atomic E-state index is 0.00610. The molecule has 0 fully saturated rings. The molecule has 0 aliphatic carbocycles. The highest BCUT2D eigenvalue weighted by Gasteiger charge is 2.26. The summed E-state index contributed by atoms with van der Waals surface area (Å²) in [5, 5.41) is 4.25. The Balaban J connectivity index is 2.38. The number of nitrogens with one attached hydrogen (secondary N) is 1. The van der Waals surface area contributed by atoms with Crippen LogP contribution in [0, 0.1) is 20.8 Å². The van der Waals surface area contributed by atoms with E-state index in [-0.39, 0.29) is 15.5 Å². The fourth-order valence-electron chi connectivity index (χ4n) is 2.18. The lowest BCUT2D eigenvalue weighted by Crippen LogP contribution is -2.31.